The number of piperazine rings is 1. The Bertz CT molecular complexity index is 562. The lowest BCUT2D eigenvalue weighted by Crippen LogP contribution is -2.59. The Balaban J connectivity index is 1.85. The lowest BCUT2D eigenvalue weighted by molar-refractivity contribution is -0.148. The van der Waals surface area contributed by atoms with Crippen LogP contribution in [-0.2, 0) is 20.1 Å². The Morgan fingerprint density at radius 2 is 2.05 bits per heavy atom. The molecule has 0 bridgehead atoms. The van der Waals surface area contributed by atoms with Crippen molar-refractivity contribution in [3.63, 3.8) is 0 Å². The molecule has 0 radical (unpaired) electrons. The maximum Gasteiger partial charge on any atom is 0.249 e. The van der Waals surface area contributed by atoms with E-state index in [0.29, 0.717) is 5.75 Å². The molecule has 1 aliphatic rings. The Kier molecular flexibility index (Phi) is 4.95. The largest absolute Gasteiger partial charge is 0.321 e. The van der Waals surface area contributed by atoms with E-state index in [0.717, 1.165) is 5.56 Å². The summed E-state index contributed by atoms with van der Waals surface area (Å²) in [4.78, 5) is 36.1. The van der Waals surface area contributed by atoms with Crippen LogP contribution in [0.4, 0.5) is 4.39 Å². The first-order chi connectivity index (χ1) is 9.97. The molecule has 1 heterocycles. The van der Waals surface area contributed by atoms with Crippen molar-refractivity contribution < 1.29 is 18.8 Å². The van der Waals surface area contributed by atoms with Crippen LogP contribution in [0.2, 0.25) is 0 Å². The Morgan fingerprint density at radius 3 is 2.71 bits per heavy atom. The van der Waals surface area contributed by atoms with Gasteiger partial charge in [0.25, 0.3) is 0 Å². The molecule has 1 aromatic rings. The van der Waals surface area contributed by atoms with Gasteiger partial charge in [-0.05, 0) is 24.6 Å². The van der Waals surface area contributed by atoms with Crippen molar-refractivity contribution in [2.45, 2.75) is 18.7 Å². The molecule has 1 fully saturated rings. The minimum atomic E-state index is -0.637. The van der Waals surface area contributed by atoms with Crippen LogP contribution >= 0.6 is 11.8 Å². The van der Waals surface area contributed by atoms with Gasteiger partial charge in [0.1, 0.15) is 18.4 Å². The van der Waals surface area contributed by atoms with Gasteiger partial charge in [-0.2, -0.15) is 0 Å². The number of carbonyl (C=O) groups is 3. The van der Waals surface area contributed by atoms with Gasteiger partial charge in [-0.15, -0.1) is 11.8 Å². The first kappa shape index (κ1) is 15.5. The highest BCUT2D eigenvalue weighted by Crippen LogP contribution is 2.15. The lowest BCUT2D eigenvalue weighted by atomic mass is 10.2. The maximum absolute atomic E-state index is 12.8. The van der Waals surface area contributed by atoms with E-state index in [1.54, 1.807) is 19.1 Å². The molecule has 1 aromatic carbocycles. The van der Waals surface area contributed by atoms with E-state index in [9.17, 15) is 18.8 Å². The highest BCUT2D eigenvalue weighted by Gasteiger charge is 2.33. The molecule has 1 aliphatic heterocycles. The number of hydrogen-bond acceptors (Lipinski definition) is 4. The summed E-state index contributed by atoms with van der Waals surface area (Å²) in [5.41, 5.74) is 0.912. The number of amides is 3. The van der Waals surface area contributed by atoms with Crippen LogP contribution in [0.3, 0.4) is 0 Å². The SMILES string of the molecule is CC1C(=O)NC(=O)CN1C(=O)CSCc1ccc(F)cc1. The first-order valence-corrected chi connectivity index (χ1v) is 7.58. The molecule has 5 nitrogen and oxygen atoms in total. The van der Waals surface area contributed by atoms with Crippen molar-refractivity contribution in [1.82, 2.24) is 10.2 Å². The standard InChI is InChI=1S/C14H15FN2O3S/c1-9-14(20)16-12(18)6-17(9)13(19)8-21-7-10-2-4-11(15)5-3-10/h2-5,9H,6-8H2,1H3,(H,16,18,20). The molecule has 2 rings (SSSR count). The summed E-state index contributed by atoms with van der Waals surface area (Å²) in [7, 11) is 0. The van der Waals surface area contributed by atoms with Crippen LogP contribution in [0.5, 0.6) is 0 Å². The van der Waals surface area contributed by atoms with E-state index in [4.69, 9.17) is 0 Å². The first-order valence-electron chi connectivity index (χ1n) is 6.42. The van der Waals surface area contributed by atoms with Crippen LogP contribution in [0.25, 0.3) is 0 Å². The molecule has 0 spiro atoms. The van der Waals surface area contributed by atoms with Gasteiger partial charge in [-0.25, -0.2) is 4.39 Å². The normalized spacial score (nSPS) is 18.6. The fourth-order valence-electron chi connectivity index (χ4n) is 1.94. The third-order valence-electron chi connectivity index (χ3n) is 3.15. The van der Waals surface area contributed by atoms with Crippen LogP contribution in [-0.4, -0.2) is 41.0 Å². The fourth-order valence-corrected chi connectivity index (χ4v) is 2.81. The fraction of sp³-hybridized carbons (Fsp3) is 0.357. The van der Waals surface area contributed by atoms with E-state index in [2.05, 4.69) is 5.32 Å². The summed E-state index contributed by atoms with van der Waals surface area (Å²) in [6.45, 7) is 1.49. The molecule has 112 valence electrons. The Labute approximate surface area is 125 Å². The third kappa shape index (κ3) is 4.04. The van der Waals surface area contributed by atoms with Crippen LogP contribution in [0.1, 0.15) is 12.5 Å². The summed E-state index contributed by atoms with van der Waals surface area (Å²) in [5, 5.41) is 2.19. The van der Waals surface area contributed by atoms with E-state index in [1.807, 2.05) is 0 Å². The average molecular weight is 310 g/mol. The van der Waals surface area contributed by atoms with Gasteiger partial charge in [0, 0.05) is 5.75 Å². The molecular formula is C14H15FN2O3S. The number of benzene rings is 1. The number of imide groups is 1. The summed E-state index contributed by atoms with van der Waals surface area (Å²) >= 11 is 1.36. The van der Waals surface area contributed by atoms with E-state index in [1.165, 1.54) is 28.8 Å². The van der Waals surface area contributed by atoms with Crippen LogP contribution < -0.4 is 5.32 Å². The van der Waals surface area contributed by atoms with Gasteiger partial charge in [-0.3, -0.25) is 19.7 Å². The third-order valence-corrected chi connectivity index (χ3v) is 4.14. The van der Waals surface area contributed by atoms with Crippen LogP contribution in [0, 0.1) is 5.82 Å². The number of thioether (sulfide) groups is 1. The molecule has 0 aromatic heterocycles. The van der Waals surface area contributed by atoms with Crippen molar-refractivity contribution in [3.05, 3.63) is 35.6 Å². The lowest BCUT2D eigenvalue weighted by Gasteiger charge is -2.31. The number of halogens is 1. The van der Waals surface area contributed by atoms with Gasteiger partial charge >= 0.3 is 0 Å². The van der Waals surface area contributed by atoms with Gasteiger partial charge in [0.2, 0.25) is 17.7 Å². The topological polar surface area (TPSA) is 66.5 Å². The monoisotopic (exact) mass is 310 g/mol. The summed E-state index contributed by atoms with van der Waals surface area (Å²) in [6, 6.07) is 5.42. The zero-order chi connectivity index (χ0) is 15.4. The zero-order valence-electron chi connectivity index (χ0n) is 11.5. The van der Waals surface area contributed by atoms with E-state index >= 15 is 0 Å². The highest BCUT2D eigenvalue weighted by molar-refractivity contribution is 7.99. The molecule has 21 heavy (non-hydrogen) atoms. The van der Waals surface area contributed by atoms with E-state index < -0.39 is 17.9 Å². The predicted molar refractivity (Wildman–Crippen MR) is 76.9 cm³/mol. The second kappa shape index (κ2) is 6.71. The van der Waals surface area contributed by atoms with Crippen molar-refractivity contribution >= 4 is 29.5 Å². The summed E-state index contributed by atoms with van der Waals surface area (Å²) in [5.74, 6) is -0.737. The van der Waals surface area contributed by atoms with Gasteiger partial charge in [0.05, 0.1) is 5.75 Å². The smallest absolute Gasteiger partial charge is 0.249 e. The second-order valence-corrected chi connectivity index (χ2v) is 5.71. The minimum absolute atomic E-state index is 0.0944. The molecular weight excluding hydrogens is 295 g/mol. The average Bonchev–Trinajstić information content (AvgIpc) is 2.44. The Morgan fingerprint density at radius 1 is 1.38 bits per heavy atom. The molecule has 1 atom stereocenters. The number of hydrogen-bond donors (Lipinski definition) is 1. The van der Waals surface area contributed by atoms with Gasteiger partial charge < -0.3 is 4.90 Å². The zero-order valence-corrected chi connectivity index (χ0v) is 12.3. The number of nitrogens with zero attached hydrogens (tertiary/aromatic N) is 1. The Hall–Kier alpha value is -1.89. The minimum Gasteiger partial charge on any atom is -0.321 e. The second-order valence-electron chi connectivity index (χ2n) is 4.73. The predicted octanol–water partition coefficient (Wildman–Crippen LogP) is 0.932. The van der Waals surface area contributed by atoms with Crippen molar-refractivity contribution in [1.29, 1.82) is 0 Å². The maximum atomic E-state index is 12.8. The highest BCUT2D eigenvalue weighted by atomic mass is 32.2. The molecule has 0 saturated carbocycles. The molecule has 3 amide bonds. The van der Waals surface area contributed by atoms with Crippen LogP contribution in [0.15, 0.2) is 24.3 Å². The molecule has 1 saturated heterocycles. The van der Waals surface area contributed by atoms with Gasteiger partial charge in [0.15, 0.2) is 0 Å². The summed E-state index contributed by atoms with van der Waals surface area (Å²) in [6.07, 6.45) is 0. The number of rotatable bonds is 4. The number of carbonyl (C=O) groups excluding carboxylic acids is 3. The summed E-state index contributed by atoms with van der Waals surface area (Å²) < 4.78 is 12.8. The van der Waals surface area contributed by atoms with Crippen molar-refractivity contribution in [3.8, 4) is 0 Å². The van der Waals surface area contributed by atoms with E-state index in [-0.39, 0.29) is 24.0 Å². The molecule has 7 heteroatoms. The number of nitrogens with one attached hydrogen (secondary N) is 1. The molecule has 1 N–H and O–H groups in total. The molecule has 1 unspecified atom stereocenters. The molecule has 0 aliphatic carbocycles. The quantitative estimate of drug-likeness (QED) is 0.840. The van der Waals surface area contributed by atoms with Gasteiger partial charge in [-0.1, -0.05) is 12.1 Å². The van der Waals surface area contributed by atoms with Crippen molar-refractivity contribution in [2.24, 2.45) is 0 Å². The van der Waals surface area contributed by atoms with Crippen molar-refractivity contribution in [2.75, 3.05) is 12.3 Å².